The number of hydrazone groups is 1. The van der Waals surface area contributed by atoms with Gasteiger partial charge in [-0.2, -0.15) is 5.10 Å². The molecule has 4 aromatic rings. The Morgan fingerprint density at radius 3 is 2.36 bits per heavy atom. The van der Waals surface area contributed by atoms with Gasteiger partial charge in [0.1, 0.15) is 24.7 Å². The lowest BCUT2D eigenvalue weighted by atomic mass is 10.2. The van der Waals surface area contributed by atoms with Crippen LogP contribution in [-0.2, 0) is 21.4 Å². The van der Waals surface area contributed by atoms with Crippen LogP contribution in [0.25, 0.3) is 0 Å². The van der Waals surface area contributed by atoms with Gasteiger partial charge in [0, 0.05) is 11.1 Å². The summed E-state index contributed by atoms with van der Waals surface area (Å²) in [7, 11) is -1.32. The maximum atomic E-state index is 13.7. The van der Waals surface area contributed by atoms with E-state index in [1.807, 2.05) is 25.1 Å². The molecule has 0 aliphatic heterocycles. The number of nitrogens with one attached hydrogen (secondary N) is 1. The number of carbonyl (C=O) groups excluding carboxylic acids is 1. The predicted molar refractivity (Wildman–Crippen MR) is 170 cm³/mol. The van der Waals surface area contributed by atoms with Crippen molar-refractivity contribution in [1.29, 1.82) is 0 Å². The van der Waals surface area contributed by atoms with Gasteiger partial charge in [-0.25, -0.2) is 13.8 Å². The highest BCUT2D eigenvalue weighted by Crippen LogP contribution is 2.35. The third-order valence-corrected chi connectivity index (χ3v) is 8.24. The molecule has 0 aliphatic rings. The Kier molecular flexibility index (Phi) is 11.1. The van der Waals surface area contributed by atoms with Gasteiger partial charge in [0.05, 0.1) is 37.6 Å². The predicted octanol–water partition coefficient (Wildman–Crippen LogP) is 5.68. The second-order valence-electron chi connectivity index (χ2n) is 9.21. The van der Waals surface area contributed by atoms with Crippen molar-refractivity contribution >= 4 is 39.4 Å². The number of anilines is 1. The summed E-state index contributed by atoms with van der Waals surface area (Å²) in [6.07, 6.45) is 1.42. The smallest absolute Gasteiger partial charge is 0.264 e. The topological polar surface area (TPSA) is 116 Å². The van der Waals surface area contributed by atoms with E-state index in [-0.39, 0.29) is 16.3 Å². The number of benzene rings is 4. The van der Waals surface area contributed by atoms with Crippen LogP contribution >= 0.6 is 11.6 Å². The van der Waals surface area contributed by atoms with Crippen molar-refractivity contribution in [2.45, 2.75) is 18.4 Å². The first-order valence-electron chi connectivity index (χ1n) is 13.5. The van der Waals surface area contributed by atoms with Gasteiger partial charge < -0.3 is 18.9 Å². The summed E-state index contributed by atoms with van der Waals surface area (Å²) in [5.41, 5.74) is 4.06. The van der Waals surface area contributed by atoms with Crippen LogP contribution in [-0.4, -0.2) is 47.9 Å². The molecule has 0 spiro atoms. The molecule has 0 fully saturated rings. The largest absolute Gasteiger partial charge is 0.497 e. The number of ether oxygens (including phenoxy) is 4. The number of amides is 1. The number of sulfonamides is 1. The van der Waals surface area contributed by atoms with E-state index in [4.69, 9.17) is 30.5 Å². The van der Waals surface area contributed by atoms with Crippen LogP contribution in [0.5, 0.6) is 23.0 Å². The normalized spacial score (nSPS) is 11.2. The number of nitrogens with zero attached hydrogens (tertiary/aromatic N) is 2. The molecule has 0 atom stereocenters. The monoisotopic (exact) mass is 637 g/mol. The second-order valence-corrected chi connectivity index (χ2v) is 11.5. The first kappa shape index (κ1) is 32.2. The number of hydrogen-bond acceptors (Lipinski definition) is 8. The third kappa shape index (κ3) is 8.21. The van der Waals surface area contributed by atoms with Crippen molar-refractivity contribution in [3.8, 4) is 23.0 Å². The zero-order chi connectivity index (χ0) is 31.5. The number of carbonyl (C=O) groups is 1. The highest BCUT2D eigenvalue weighted by molar-refractivity contribution is 7.92. The molecule has 10 nitrogen and oxygen atoms in total. The van der Waals surface area contributed by atoms with Gasteiger partial charge in [-0.05, 0) is 72.6 Å². The molecule has 0 aliphatic carbocycles. The second kappa shape index (κ2) is 15.1. The first-order chi connectivity index (χ1) is 21.2. The van der Waals surface area contributed by atoms with Crippen molar-refractivity contribution in [1.82, 2.24) is 5.43 Å². The van der Waals surface area contributed by atoms with Crippen molar-refractivity contribution in [2.24, 2.45) is 5.10 Å². The molecule has 4 rings (SSSR count). The molecule has 1 N–H and O–H groups in total. The molecule has 44 heavy (non-hydrogen) atoms. The summed E-state index contributed by atoms with van der Waals surface area (Å²) in [6, 6.07) is 25.1. The van der Waals surface area contributed by atoms with E-state index in [2.05, 4.69) is 10.5 Å². The fourth-order valence-corrected chi connectivity index (χ4v) is 5.79. The summed E-state index contributed by atoms with van der Waals surface area (Å²) in [5.74, 6) is 0.967. The molecule has 0 bridgehead atoms. The minimum atomic E-state index is -4.18. The molecule has 0 saturated heterocycles. The standard InChI is InChI=1S/C32H32ClN3O7S/c1-4-42-31-18-23(13-15-30(31)43-22-24-9-8-10-25(33)17-24)20-34-35-32(37)21-36(44(38,39)27-11-6-5-7-12-27)28-19-26(40-2)14-16-29(28)41-3/h5-20H,4,21-22H2,1-3H3,(H,35,37)/b34-20-. The van der Waals surface area contributed by atoms with E-state index in [9.17, 15) is 13.2 Å². The lowest BCUT2D eigenvalue weighted by Gasteiger charge is -2.25. The molecular weight excluding hydrogens is 606 g/mol. The fourth-order valence-electron chi connectivity index (χ4n) is 4.14. The number of rotatable bonds is 14. The van der Waals surface area contributed by atoms with Gasteiger partial charge in [-0.3, -0.25) is 9.10 Å². The molecule has 0 saturated carbocycles. The molecule has 0 heterocycles. The van der Waals surface area contributed by atoms with E-state index < -0.39 is 22.5 Å². The van der Waals surface area contributed by atoms with Crippen LogP contribution in [0, 0.1) is 0 Å². The zero-order valence-electron chi connectivity index (χ0n) is 24.4. The molecule has 0 aromatic heterocycles. The Morgan fingerprint density at radius 2 is 1.66 bits per heavy atom. The minimum absolute atomic E-state index is 0.00213. The molecule has 1 amide bonds. The molecule has 12 heteroatoms. The van der Waals surface area contributed by atoms with Gasteiger partial charge in [-0.15, -0.1) is 0 Å². The van der Waals surface area contributed by atoms with E-state index in [1.165, 1.54) is 38.6 Å². The Bertz CT molecular complexity index is 1720. The summed E-state index contributed by atoms with van der Waals surface area (Å²) in [5, 5.41) is 4.66. The Labute approximate surface area is 261 Å². The number of methoxy groups -OCH3 is 2. The average molecular weight is 638 g/mol. The van der Waals surface area contributed by atoms with E-state index in [0.717, 1.165) is 9.87 Å². The molecule has 0 unspecified atom stereocenters. The van der Waals surface area contributed by atoms with E-state index >= 15 is 0 Å². The van der Waals surface area contributed by atoms with Gasteiger partial charge >= 0.3 is 0 Å². The Morgan fingerprint density at radius 1 is 0.886 bits per heavy atom. The van der Waals surface area contributed by atoms with Gasteiger partial charge in [0.2, 0.25) is 0 Å². The van der Waals surface area contributed by atoms with E-state index in [0.29, 0.717) is 41.0 Å². The lowest BCUT2D eigenvalue weighted by Crippen LogP contribution is -2.39. The third-order valence-electron chi connectivity index (χ3n) is 6.23. The van der Waals surface area contributed by atoms with Gasteiger partial charge in [0.25, 0.3) is 15.9 Å². The van der Waals surface area contributed by atoms with Crippen LogP contribution in [0.2, 0.25) is 5.02 Å². The maximum Gasteiger partial charge on any atom is 0.264 e. The van der Waals surface area contributed by atoms with Crippen molar-refractivity contribution in [3.63, 3.8) is 0 Å². The van der Waals surface area contributed by atoms with Crippen LogP contribution < -0.4 is 28.7 Å². The van der Waals surface area contributed by atoms with Crippen LogP contribution in [0.3, 0.4) is 0 Å². The van der Waals surface area contributed by atoms with Crippen molar-refractivity contribution in [3.05, 3.63) is 107 Å². The number of halogens is 1. The SMILES string of the molecule is CCOc1cc(/C=N\NC(=O)CN(c2cc(OC)ccc2OC)S(=O)(=O)c2ccccc2)ccc1OCc1cccc(Cl)c1. The highest BCUT2D eigenvalue weighted by atomic mass is 35.5. The van der Waals surface area contributed by atoms with Gasteiger partial charge in [0.15, 0.2) is 11.5 Å². The maximum absolute atomic E-state index is 13.7. The van der Waals surface area contributed by atoms with Crippen LogP contribution in [0.15, 0.2) is 101 Å². The highest BCUT2D eigenvalue weighted by Gasteiger charge is 2.30. The quantitative estimate of drug-likeness (QED) is 0.140. The average Bonchev–Trinajstić information content (AvgIpc) is 3.03. The summed E-state index contributed by atoms with van der Waals surface area (Å²) < 4.78 is 50.7. The number of hydrogen-bond donors (Lipinski definition) is 1. The fraction of sp³-hybridized carbons (Fsp3) is 0.188. The van der Waals surface area contributed by atoms with Gasteiger partial charge in [-0.1, -0.05) is 41.9 Å². The summed E-state index contributed by atoms with van der Waals surface area (Å²) in [4.78, 5) is 13.1. The van der Waals surface area contributed by atoms with Crippen molar-refractivity contribution < 1.29 is 32.2 Å². The molecular formula is C32H32ClN3O7S. The van der Waals surface area contributed by atoms with E-state index in [1.54, 1.807) is 54.6 Å². The van der Waals surface area contributed by atoms with Crippen LogP contribution in [0.1, 0.15) is 18.1 Å². The van der Waals surface area contributed by atoms with Crippen molar-refractivity contribution in [2.75, 3.05) is 31.7 Å². The Balaban J connectivity index is 1.52. The molecule has 4 aromatic carbocycles. The minimum Gasteiger partial charge on any atom is -0.497 e. The summed E-state index contributed by atoms with van der Waals surface area (Å²) in [6.45, 7) is 1.97. The summed E-state index contributed by atoms with van der Waals surface area (Å²) >= 11 is 6.07. The molecule has 0 radical (unpaired) electrons. The molecule has 230 valence electrons. The zero-order valence-corrected chi connectivity index (χ0v) is 26.0. The first-order valence-corrected chi connectivity index (χ1v) is 15.3. The lowest BCUT2D eigenvalue weighted by molar-refractivity contribution is -0.119. The Hall–Kier alpha value is -4.74. The van der Waals surface area contributed by atoms with Crippen LogP contribution in [0.4, 0.5) is 5.69 Å².